The van der Waals surface area contributed by atoms with Crippen LogP contribution in [-0.4, -0.2) is 27.4 Å². The summed E-state index contributed by atoms with van der Waals surface area (Å²) < 4.78 is 12.8. The van der Waals surface area contributed by atoms with E-state index in [1.54, 1.807) is 23.4 Å². The lowest BCUT2D eigenvalue weighted by Crippen LogP contribution is -2.60. The molecule has 0 aliphatic carbocycles. The van der Waals surface area contributed by atoms with Crippen molar-refractivity contribution in [2.45, 2.75) is 26.4 Å². The second kappa shape index (κ2) is 5.95. The number of carbonyl (C=O) groups excluding carboxylic acids is 1. The highest BCUT2D eigenvalue weighted by atomic mass is 19.1. The summed E-state index contributed by atoms with van der Waals surface area (Å²) in [6.45, 7) is 5.22. The second-order valence-corrected chi connectivity index (χ2v) is 6.43. The average molecular weight is 314 g/mol. The minimum atomic E-state index is -0.388. The van der Waals surface area contributed by atoms with Gasteiger partial charge in [0, 0.05) is 24.4 Å². The summed E-state index contributed by atoms with van der Waals surface area (Å²) in [5.41, 5.74) is 1.66. The maximum absolute atomic E-state index is 12.8. The van der Waals surface area contributed by atoms with Crippen molar-refractivity contribution in [1.29, 1.82) is 0 Å². The summed E-state index contributed by atoms with van der Waals surface area (Å²) in [6, 6.07) is 6.61. The Kier molecular flexibility index (Phi) is 3.98. The third kappa shape index (κ3) is 3.16. The van der Waals surface area contributed by atoms with E-state index in [2.05, 4.69) is 29.1 Å². The summed E-state index contributed by atoms with van der Waals surface area (Å²) in [4.78, 5) is 22.3. The van der Waals surface area contributed by atoms with Gasteiger partial charge >= 0.3 is 6.03 Å². The number of hydrogen-bond donors (Lipinski definition) is 1. The molecule has 1 aliphatic rings. The van der Waals surface area contributed by atoms with E-state index in [4.69, 9.17) is 0 Å². The van der Waals surface area contributed by atoms with Gasteiger partial charge in [-0.3, -0.25) is 9.97 Å². The Labute approximate surface area is 134 Å². The fourth-order valence-corrected chi connectivity index (χ4v) is 3.06. The molecule has 120 valence electrons. The summed E-state index contributed by atoms with van der Waals surface area (Å²) in [5, 5.41) is 2.84. The van der Waals surface area contributed by atoms with Gasteiger partial charge in [0.15, 0.2) is 0 Å². The molecule has 2 amide bonds. The predicted octanol–water partition coefficient (Wildman–Crippen LogP) is 2.91. The van der Waals surface area contributed by atoms with E-state index in [0.717, 1.165) is 11.8 Å². The molecule has 1 saturated heterocycles. The molecule has 2 aromatic rings. The topological polar surface area (TPSA) is 58.1 Å². The molecule has 3 rings (SSSR count). The molecule has 1 aliphatic heterocycles. The van der Waals surface area contributed by atoms with Gasteiger partial charge < -0.3 is 10.2 Å². The molecule has 23 heavy (non-hydrogen) atoms. The summed E-state index contributed by atoms with van der Waals surface area (Å²) in [5.74, 6) is -0.388. The van der Waals surface area contributed by atoms with Gasteiger partial charge in [-0.15, -0.1) is 0 Å². The summed E-state index contributed by atoms with van der Waals surface area (Å²) in [7, 11) is 0. The average Bonchev–Trinajstić information content (AvgIpc) is 2.53. The van der Waals surface area contributed by atoms with Crippen molar-refractivity contribution in [3.8, 4) is 0 Å². The SMILES string of the molecule is CC1(C)CN(C(=O)NCc2ccc(F)cn2)C1c1cccnc1. The molecular weight excluding hydrogens is 295 g/mol. The standard InChI is InChI=1S/C17H19FN4O/c1-17(2)11-22(15(17)12-4-3-7-19-8-12)16(23)21-10-14-6-5-13(18)9-20-14/h3-9,15H,10-11H2,1-2H3,(H,21,23). The van der Waals surface area contributed by atoms with E-state index >= 15 is 0 Å². The number of carbonyl (C=O) groups is 1. The van der Waals surface area contributed by atoms with Crippen LogP contribution >= 0.6 is 0 Å². The van der Waals surface area contributed by atoms with Gasteiger partial charge in [0.2, 0.25) is 0 Å². The van der Waals surface area contributed by atoms with Gasteiger partial charge in [0.1, 0.15) is 5.82 Å². The minimum absolute atomic E-state index is 0.00243. The lowest BCUT2D eigenvalue weighted by atomic mass is 9.72. The lowest BCUT2D eigenvalue weighted by molar-refractivity contribution is -0.0167. The fourth-order valence-electron chi connectivity index (χ4n) is 3.06. The number of pyridine rings is 2. The molecule has 1 atom stereocenters. The molecule has 1 N–H and O–H groups in total. The van der Waals surface area contributed by atoms with E-state index in [1.807, 2.05) is 12.1 Å². The first-order valence-corrected chi connectivity index (χ1v) is 7.52. The van der Waals surface area contributed by atoms with Crippen LogP contribution in [0.4, 0.5) is 9.18 Å². The lowest BCUT2D eigenvalue weighted by Gasteiger charge is -2.54. The molecule has 1 unspecified atom stereocenters. The summed E-state index contributed by atoms with van der Waals surface area (Å²) >= 11 is 0. The van der Waals surface area contributed by atoms with Gasteiger partial charge in [-0.05, 0) is 23.8 Å². The number of amides is 2. The second-order valence-electron chi connectivity index (χ2n) is 6.43. The van der Waals surface area contributed by atoms with Gasteiger partial charge in [-0.25, -0.2) is 9.18 Å². The zero-order chi connectivity index (χ0) is 16.4. The molecule has 5 nitrogen and oxygen atoms in total. The molecule has 6 heteroatoms. The highest BCUT2D eigenvalue weighted by molar-refractivity contribution is 5.76. The largest absolute Gasteiger partial charge is 0.332 e. The Morgan fingerprint density at radius 2 is 2.22 bits per heavy atom. The van der Waals surface area contributed by atoms with Crippen LogP contribution in [-0.2, 0) is 6.54 Å². The molecule has 0 bridgehead atoms. The monoisotopic (exact) mass is 314 g/mol. The number of nitrogens with zero attached hydrogens (tertiary/aromatic N) is 3. The van der Waals surface area contributed by atoms with Crippen molar-refractivity contribution < 1.29 is 9.18 Å². The van der Waals surface area contributed by atoms with Gasteiger partial charge in [0.05, 0.1) is 24.5 Å². The normalized spacial score (nSPS) is 19.1. The quantitative estimate of drug-likeness (QED) is 0.947. The molecule has 0 spiro atoms. The first-order valence-electron chi connectivity index (χ1n) is 7.52. The van der Waals surface area contributed by atoms with Gasteiger partial charge in [-0.1, -0.05) is 19.9 Å². The predicted molar refractivity (Wildman–Crippen MR) is 83.9 cm³/mol. The molecule has 2 aromatic heterocycles. The Morgan fingerprint density at radius 1 is 1.39 bits per heavy atom. The van der Waals surface area contributed by atoms with Crippen LogP contribution in [0.1, 0.15) is 31.1 Å². The van der Waals surface area contributed by atoms with E-state index < -0.39 is 0 Å². The molecule has 1 fully saturated rings. The van der Waals surface area contributed by atoms with Crippen molar-refractivity contribution in [3.63, 3.8) is 0 Å². The van der Waals surface area contributed by atoms with Crippen molar-refractivity contribution >= 4 is 6.03 Å². The highest BCUT2D eigenvalue weighted by Crippen LogP contribution is 2.47. The third-order valence-corrected chi connectivity index (χ3v) is 4.10. The van der Waals surface area contributed by atoms with Gasteiger partial charge in [0.25, 0.3) is 0 Å². The first kappa shape index (κ1) is 15.4. The Hall–Kier alpha value is -2.50. The van der Waals surface area contributed by atoms with Crippen LogP contribution in [0.5, 0.6) is 0 Å². The summed E-state index contributed by atoms with van der Waals surface area (Å²) in [6.07, 6.45) is 4.67. The number of hydrogen-bond acceptors (Lipinski definition) is 3. The number of aromatic nitrogens is 2. The maximum Gasteiger partial charge on any atom is 0.318 e. The minimum Gasteiger partial charge on any atom is -0.332 e. The van der Waals surface area contributed by atoms with Crippen LogP contribution in [0.15, 0.2) is 42.9 Å². The Morgan fingerprint density at radius 3 is 2.83 bits per heavy atom. The maximum atomic E-state index is 12.8. The Balaban J connectivity index is 1.66. The van der Waals surface area contributed by atoms with Crippen LogP contribution in [0.2, 0.25) is 0 Å². The fraction of sp³-hybridized carbons (Fsp3) is 0.353. The smallest absolute Gasteiger partial charge is 0.318 e. The van der Waals surface area contributed by atoms with Gasteiger partial charge in [-0.2, -0.15) is 0 Å². The van der Waals surface area contributed by atoms with Crippen molar-refractivity contribution in [3.05, 3.63) is 59.9 Å². The zero-order valence-electron chi connectivity index (χ0n) is 13.2. The zero-order valence-corrected chi connectivity index (χ0v) is 13.2. The number of nitrogens with one attached hydrogen (secondary N) is 1. The van der Waals surface area contributed by atoms with Crippen LogP contribution in [0, 0.1) is 11.2 Å². The third-order valence-electron chi connectivity index (χ3n) is 4.10. The number of likely N-dealkylation sites (tertiary alicyclic amines) is 1. The number of rotatable bonds is 3. The van der Waals surface area contributed by atoms with E-state index in [9.17, 15) is 9.18 Å². The van der Waals surface area contributed by atoms with Crippen molar-refractivity contribution in [1.82, 2.24) is 20.2 Å². The molecule has 0 saturated carbocycles. The van der Waals surface area contributed by atoms with Crippen molar-refractivity contribution in [2.75, 3.05) is 6.54 Å². The number of urea groups is 1. The van der Waals surface area contributed by atoms with Crippen molar-refractivity contribution in [2.24, 2.45) is 5.41 Å². The van der Waals surface area contributed by atoms with E-state index in [-0.39, 0.29) is 29.8 Å². The molecule has 3 heterocycles. The molecule has 0 aromatic carbocycles. The molecule has 0 radical (unpaired) electrons. The highest BCUT2D eigenvalue weighted by Gasteiger charge is 2.48. The van der Waals surface area contributed by atoms with E-state index in [1.165, 1.54) is 6.07 Å². The van der Waals surface area contributed by atoms with Crippen LogP contribution in [0.25, 0.3) is 0 Å². The van der Waals surface area contributed by atoms with E-state index in [0.29, 0.717) is 12.2 Å². The van der Waals surface area contributed by atoms with Crippen LogP contribution in [0.3, 0.4) is 0 Å². The molecular formula is C17H19FN4O. The Bertz CT molecular complexity index is 687. The number of halogens is 1. The first-order chi connectivity index (χ1) is 11.0. The van der Waals surface area contributed by atoms with Crippen LogP contribution < -0.4 is 5.32 Å².